The van der Waals surface area contributed by atoms with Crippen molar-refractivity contribution in [3.8, 4) is 0 Å². The van der Waals surface area contributed by atoms with Gasteiger partial charge in [-0.05, 0) is 51.4 Å². The minimum atomic E-state index is 0.385. The van der Waals surface area contributed by atoms with Gasteiger partial charge >= 0.3 is 0 Å². The van der Waals surface area contributed by atoms with E-state index < -0.39 is 0 Å². The summed E-state index contributed by atoms with van der Waals surface area (Å²) >= 11 is 0. The van der Waals surface area contributed by atoms with Gasteiger partial charge < -0.3 is 5.32 Å². The molecule has 0 heterocycles. The van der Waals surface area contributed by atoms with E-state index in [1.54, 1.807) is 0 Å². The minimum Gasteiger partial charge on any atom is -0.309 e. The summed E-state index contributed by atoms with van der Waals surface area (Å²) in [5.74, 6) is 1.84. The molecule has 2 aliphatic carbocycles. The number of rotatable bonds is 3. The monoisotopic (exact) mass is 195 g/mol. The first-order valence-corrected chi connectivity index (χ1v) is 6.37. The molecule has 82 valence electrons. The Kier molecular flexibility index (Phi) is 2.88. The van der Waals surface area contributed by atoms with Crippen molar-refractivity contribution in [2.24, 2.45) is 11.8 Å². The van der Waals surface area contributed by atoms with Crippen LogP contribution in [0.1, 0.15) is 59.3 Å². The average molecular weight is 195 g/mol. The predicted molar refractivity (Wildman–Crippen MR) is 61.4 cm³/mol. The van der Waals surface area contributed by atoms with E-state index in [4.69, 9.17) is 0 Å². The van der Waals surface area contributed by atoms with E-state index in [0.717, 1.165) is 17.9 Å². The summed E-state index contributed by atoms with van der Waals surface area (Å²) in [5.41, 5.74) is 0.385. The van der Waals surface area contributed by atoms with Crippen LogP contribution < -0.4 is 5.32 Å². The molecule has 2 fully saturated rings. The summed E-state index contributed by atoms with van der Waals surface area (Å²) < 4.78 is 0. The molecule has 0 aromatic heterocycles. The Morgan fingerprint density at radius 1 is 1.00 bits per heavy atom. The van der Waals surface area contributed by atoms with Crippen LogP contribution in [-0.4, -0.2) is 11.6 Å². The van der Waals surface area contributed by atoms with Crippen LogP contribution in [0.5, 0.6) is 0 Å². The molecule has 2 atom stereocenters. The fraction of sp³-hybridized carbons (Fsp3) is 1.00. The largest absolute Gasteiger partial charge is 0.309 e. The van der Waals surface area contributed by atoms with Crippen molar-refractivity contribution in [2.45, 2.75) is 70.9 Å². The van der Waals surface area contributed by atoms with Gasteiger partial charge in [0.15, 0.2) is 0 Å². The first kappa shape index (κ1) is 10.5. The molecule has 1 heteroatoms. The highest BCUT2D eigenvalue weighted by Gasteiger charge is 2.37. The molecule has 0 aromatic carbocycles. The maximum absolute atomic E-state index is 3.88. The van der Waals surface area contributed by atoms with Crippen LogP contribution in [0, 0.1) is 11.8 Å². The van der Waals surface area contributed by atoms with Crippen molar-refractivity contribution < 1.29 is 0 Å². The van der Waals surface area contributed by atoms with E-state index in [2.05, 4.69) is 26.1 Å². The molecule has 0 bridgehead atoms. The van der Waals surface area contributed by atoms with E-state index in [-0.39, 0.29) is 0 Å². The fourth-order valence-corrected chi connectivity index (χ4v) is 3.12. The quantitative estimate of drug-likeness (QED) is 0.728. The van der Waals surface area contributed by atoms with Gasteiger partial charge in [0.05, 0.1) is 0 Å². The van der Waals surface area contributed by atoms with Crippen molar-refractivity contribution in [1.29, 1.82) is 0 Å². The van der Waals surface area contributed by atoms with Gasteiger partial charge in [-0.25, -0.2) is 0 Å². The normalized spacial score (nSPS) is 34.5. The van der Waals surface area contributed by atoms with Crippen LogP contribution in [0.15, 0.2) is 0 Å². The van der Waals surface area contributed by atoms with E-state index in [0.29, 0.717) is 5.54 Å². The third-order valence-corrected chi connectivity index (χ3v) is 4.55. The molecule has 2 unspecified atom stereocenters. The van der Waals surface area contributed by atoms with Crippen LogP contribution in [0.4, 0.5) is 0 Å². The lowest BCUT2D eigenvalue weighted by Gasteiger charge is -2.44. The Bertz CT molecular complexity index is 191. The lowest BCUT2D eigenvalue weighted by atomic mass is 9.77. The zero-order valence-corrected chi connectivity index (χ0v) is 9.97. The van der Waals surface area contributed by atoms with Crippen LogP contribution in [-0.2, 0) is 0 Å². The highest BCUT2D eigenvalue weighted by atomic mass is 15.0. The summed E-state index contributed by atoms with van der Waals surface area (Å²) in [5, 5.41) is 3.88. The van der Waals surface area contributed by atoms with Gasteiger partial charge in [0.25, 0.3) is 0 Å². The predicted octanol–water partition coefficient (Wildman–Crippen LogP) is 3.34. The molecule has 0 aliphatic heterocycles. The lowest BCUT2D eigenvalue weighted by Crippen LogP contribution is -2.55. The molecule has 2 aliphatic rings. The summed E-state index contributed by atoms with van der Waals surface area (Å²) in [4.78, 5) is 0. The molecule has 0 radical (unpaired) electrons. The Hall–Kier alpha value is -0.0400. The van der Waals surface area contributed by atoms with E-state index in [1.807, 2.05) is 0 Å². The topological polar surface area (TPSA) is 12.0 Å². The van der Waals surface area contributed by atoms with Crippen molar-refractivity contribution in [3.63, 3.8) is 0 Å². The van der Waals surface area contributed by atoms with E-state index in [9.17, 15) is 0 Å². The number of hydrogen-bond donors (Lipinski definition) is 1. The molecule has 1 N–H and O–H groups in total. The van der Waals surface area contributed by atoms with Crippen molar-refractivity contribution in [3.05, 3.63) is 0 Å². The van der Waals surface area contributed by atoms with E-state index in [1.165, 1.54) is 38.5 Å². The summed E-state index contributed by atoms with van der Waals surface area (Å²) in [6.07, 6.45) is 8.63. The zero-order valence-electron chi connectivity index (χ0n) is 9.97. The van der Waals surface area contributed by atoms with Gasteiger partial charge in [0, 0.05) is 11.6 Å². The van der Waals surface area contributed by atoms with Gasteiger partial charge in [-0.2, -0.15) is 0 Å². The first-order valence-electron chi connectivity index (χ1n) is 6.37. The second kappa shape index (κ2) is 3.84. The molecule has 2 rings (SSSR count). The van der Waals surface area contributed by atoms with Crippen molar-refractivity contribution in [1.82, 2.24) is 5.32 Å². The molecule has 0 saturated heterocycles. The zero-order chi connectivity index (χ0) is 10.2. The van der Waals surface area contributed by atoms with Gasteiger partial charge in [0.2, 0.25) is 0 Å². The lowest BCUT2D eigenvalue weighted by molar-refractivity contribution is 0.142. The average Bonchev–Trinajstić information content (AvgIpc) is 2.65. The highest BCUT2D eigenvalue weighted by Crippen LogP contribution is 2.36. The van der Waals surface area contributed by atoms with Gasteiger partial charge in [-0.1, -0.05) is 19.8 Å². The van der Waals surface area contributed by atoms with Crippen molar-refractivity contribution in [2.75, 3.05) is 0 Å². The third kappa shape index (κ3) is 1.98. The second-order valence-electron chi connectivity index (χ2n) is 6.01. The summed E-state index contributed by atoms with van der Waals surface area (Å²) in [6.45, 7) is 7.20. The van der Waals surface area contributed by atoms with Gasteiger partial charge in [-0.3, -0.25) is 0 Å². The Morgan fingerprint density at radius 3 is 2.07 bits per heavy atom. The SMILES string of the molecule is CC1CCC1NC(C)(C)C1CCCC1. The molecule has 0 aromatic rings. The van der Waals surface area contributed by atoms with Gasteiger partial charge in [0.1, 0.15) is 0 Å². The molecular weight excluding hydrogens is 170 g/mol. The Balaban J connectivity index is 1.87. The Labute approximate surface area is 88.7 Å². The summed E-state index contributed by atoms with van der Waals surface area (Å²) in [6, 6.07) is 0.811. The van der Waals surface area contributed by atoms with E-state index >= 15 is 0 Å². The second-order valence-corrected chi connectivity index (χ2v) is 6.01. The molecular formula is C13H25N. The van der Waals surface area contributed by atoms with Crippen LogP contribution in [0.3, 0.4) is 0 Å². The first-order chi connectivity index (χ1) is 6.59. The highest BCUT2D eigenvalue weighted by molar-refractivity contribution is 4.95. The van der Waals surface area contributed by atoms with Gasteiger partial charge in [-0.15, -0.1) is 0 Å². The van der Waals surface area contributed by atoms with Crippen molar-refractivity contribution >= 4 is 0 Å². The molecule has 0 amide bonds. The van der Waals surface area contributed by atoms with Crippen LogP contribution >= 0.6 is 0 Å². The molecule has 14 heavy (non-hydrogen) atoms. The number of hydrogen-bond acceptors (Lipinski definition) is 1. The molecule has 1 nitrogen and oxygen atoms in total. The summed E-state index contributed by atoms with van der Waals surface area (Å²) in [7, 11) is 0. The fourth-order valence-electron chi connectivity index (χ4n) is 3.12. The maximum atomic E-state index is 3.88. The maximum Gasteiger partial charge on any atom is 0.0156 e. The van der Waals surface area contributed by atoms with Crippen LogP contribution in [0.25, 0.3) is 0 Å². The smallest absolute Gasteiger partial charge is 0.0156 e. The Morgan fingerprint density at radius 2 is 1.64 bits per heavy atom. The third-order valence-electron chi connectivity index (χ3n) is 4.55. The van der Waals surface area contributed by atoms with Crippen LogP contribution in [0.2, 0.25) is 0 Å². The minimum absolute atomic E-state index is 0.385. The standard InChI is InChI=1S/C13H25N/c1-10-8-9-12(10)14-13(2,3)11-6-4-5-7-11/h10-12,14H,4-9H2,1-3H3. The molecule has 0 spiro atoms. The number of nitrogens with one attached hydrogen (secondary N) is 1. The molecule has 2 saturated carbocycles.